The van der Waals surface area contributed by atoms with E-state index >= 15 is 0 Å². The van der Waals surface area contributed by atoms with Gasteiger partial charge in [-0.25, -0.2) is 17.5 Å². The van der Waals surface area contributed by atoms with Crippen molar-refractivity contribution in [2.24, 2.45) is 0 Å². The van der Waals surface area contributed by atoms with Crippen molar-refractivity contribution in [1.29, 1.82) is 0 Å². The lowest BCUT2D eigenvalue weighted by atomic mass is 10.3. The monoisotopic (exact) mass is 407 g/mol. The highest BCUT2D eigenvalue weighted by molar-refractivity contribution is 7.89. The summed E-state index contributed by atoms with van der Waals surface area (Å²) >= 11 is 5.77. The van der Waals surface area contributed by atoms with Crippen molar-refractivity contribution in [2.75, 3.05) is 39.3 Å². The standard InChI is InChI=1S/C13H19ClFN3O2S.2ClH/c14-11-3-1-4-12(15)13(11)21(19,20)17-5-2-8-18-9-6-16-7-10-18;;/h1,3-4,16-17H,2,5-10H2;2*1H. The van der Waals surface area contributed by atoms with Gasteiger partial charge in [0, 0.05) is 32.7 Å². The zero-order valence-electron chi connectivity index (χ0n) is 12.4. The summed E-state index contributed by atoms with van der Waals surface area (Å²) in [5.41, 5.74) is 0. The first-order chi connectivity index (χ1) is 10.0. The molecule has 1 aromatic rings. The van der Waals surface area contributed by atoms with Gasteiger partial charge in [-0.3, -0.25) is 0 Å². The average molecular weight is 409 g/mol. The highest BCUT2D eigenvalue weighted by Gasteiger charge is 2.22. The highest BCUT2D eigenvalue weighted by Crippen LogP contribution is 2.23. The van der Waals surface area contributed by atoms with E-state index in [-0.39, 0.29) is 36.4 Å². The van der Waals surface area contributed by atoms with Gasteiger partial charge in [-0.2, -0.15) is 0 Å². The SMILES string of the molecule is Cl.Cl.O=S(=O)(NCCCN1CCNCC1)c1c(F)cccc1Cl. The molecule has 0 spiro atoms. The minimum atomic E-state index is -3.91. The summed E-state index contributed by atoms with van der Waals surface area (Å²) in [6.07, 6.45) is 0.672. The van der Waals surface area contributed by atoms with Crippen LogP contribution in [-0.2, 0) is 10.0 Å². The minimum absolute atomic E-state index is 0. The molecule has 2 N–H and O–H groups in total. The van der Waals surface area contributed by atoms with Crippen LogP contribution >= 0.6 is 36.4 Å². The van der Waals surface area contributed by atoms with Crippen LogP contribution in [-0.4, -0.2) is 52.6 Å². The van der Waals surface area contributed by atoms with E-state index in [0.29, 0.717) is 6.42 Å². The third kappa shape index (κ3) is 6.70. The van der Waals surface area contributed by atoms with Crippen molar-refractivity contribution in [3.05, 3.63) is 29.0 Å². The molecule has 1 aliphatic rings. The second-order valence-electron chi connectivity index (χ2n) is 4.89. The number of sulfonamides is 1. The van der Waals surface area contributed by atoms with E-state index < -0.39 is 20.7 Å². The number of halogens is 4. The normalized spacial score (nSPS) is 15.6. The van der Waals surface area contributed by atoms with Crippen molar-refractivity contribution < 1.29 is 12.8 Å². The van der Waals surface area contributed by atoms with Crippen LogP contribution in [0.2, 0.25) is 5.02 Å². The molecule has 2 rings (SSSR count). The number of hydrogen-bond acceptors (Lipinski definition) is 4. The smallest absolute Gasteiger partial charge is 0.244 e. The van der Waals surface area contributed by atoms with Crippen molar-refractivity contribution >= 4 is 46.4 Å². The van der Waals surface area contributed by atoms with Gasteiger partial charge in [-0.1, -0.05) is 17.7 Å². The van der Waals surface area contributed by atoms with Gasteiger partial charge in [0.05, 0.1) is 5.02 Å². The first kappa shape index (κ1) is 22.9. The topological polar surface area (TPSA) is 61.4 Å². The Morgan fingerprint density at radius 3 is 2.52 bits per heavy atom. The Bertz CT molecular complexity index is 564. The maximum absolute atomic E-state index is 13.6. The van der Waals surface area contributed by atoms with Gasteiger partial charge in [0.1, 0.15) is 10.7 Å². The van der Waals surface area contributed by atoms with Crippen LogP contribution in [0.5, 0.6) is 0 Å². The molecule has 1 aromatic carbocycles. The Morgan fingerprint density at radius 2 is 1.91 bits per heavy atom. The molecule has 23 heavy (non-hydrogen) atoms. The molecule has 1 aliphatic heterocycles. The molecule has 0 aromatic heterocycles. The number of benzene rings is 1. The van der Waals surface area contributed by atoms with E-state index in [1.54, 1.807) is 0 Å². The second-order valence-corrected chi connectivity index (χ2v) is 7.00. The summed E-state index contributed by atoms with van der Waals surface area (Å²) in [5, 5.41) is 3.15. The number of hydrogen-bond donors (Lipinski definition) is 2. The second kappa shape index (κ2) is 10.7. The summed E-state index contributed by atoms with van der Waals surface area (Å²) < 4.78 is 40.2. The Hall–Kier alpha value is -0.150. The molecule has 0 amide bonds. The Kier molecular flexibility index (Phi) is 10.6. The van der Waals surface area contributed by atoms with Crippen LogP contribution in [0.15, 0.2) is 23.1 Å². The lowest BCUT2D eigenvalue weighted by Gasteiger charge is -2.27. The largest absolute Gasteiger partial charge is 0.314 e. The van der Waals surface area contributed by atoms with Gasteiger partial charge in [-0.05, 0) is 25.1 Å². The van der Waals surface area contributed by atoms with Crippen LogP contribution in [0.4, 0.5) is 4.39 Å². The van der Waals surface area contributed by atoms with E-state index in [1.807, 2.05) is 0 Å². The lowest BCUT2D eigenvalue weighted by Crippen LogP contribution is -2.44. The molecule has 1 heterocycles. The molecule has 0 unspecified atom stereocenters. The van der Waals surface area contributed by atoms with Crippen molar-refractivity contribution in [3.8, 4) is 0 Å². The molecule has 1 fully saturated rings. The molecule has 0 bridgehead atoms. The fourth-order valence-corrected chi connectivity index (χ4v) is 3.93. The van der Waals surface area contributed by atoms with Crippen LogP contribution in [0, 0.1) is 5.82 Å². The van der Waals surface area contributed by atoms with Crippen molar-refractivity contribution in [2.45, 2.75) is 11.3 Å². The highest BCUT2D eigenvalue weighted by atomic mass is 35.5. The minimum Gasteiger partial charge on any atom is -0.314 e. The quantitative estimate of drug-likeness (QED) is 0.706. The maximum atomic E-state index is 13.6. The number of nitrogens with one attached hydrogen (secondary N) is 2. The summed E-state index contributed by atoms with van der Waals surface area (Å²) in [6, 6.07) is 3.82. The summed E-state index contributed by atoms with van der Waals surface area (Å²) in [4.78, 5) is 1.79. The van der Waals surface area contributed by atoms with Gasteiger partial charge >= 0.3 is 0 Å². The van der Waals surface area contributed by atoms with Crippen LogP contribution < -0.4 is 10.0 Å². The first-order valence-electron chi connectivity index (χ1n) is 6.87. The first-order valence-corrected chi connectivity index (χ1v) is 8.73. The predicted molar refractivity (Wildman–Crippen MR) is 95.0 cm³/mol. The van der Waals surface area contributed by atoms with Gasteiger partial charge in [0.15, 0.2) is 0 Å². The van der Waals surface area contributed by atoms with E-state index in [2.05, 4.69) is 14.9 Å². The summed E-state index contributed by atoms with van der Waals surface area (Å²) in [7, 11) is -3.91. The van der Waals surface area contributed by atoms with E-state index in [1.165, 1.54) is 12.1 Å². The predicted octanol–water partition coefficient (Wildman–Crippen LogP) is 1.90. The van der Waals surface area contributed by atoms with E-state index in [4.69, 9.17) is 11.6 Å². The van der Waals surface area contributed by atoms with Gasteiger partial charge in [0.2, 0.25) is 10.0 Å². The molecule has 1 saturated heterocycles. The summed E-state index contributed by atoms with van der Waals surface area (Å²) in [5.74, 6) is -0.836. The Labute approximate surface area is 153 Å². The van der Waals surface area contributed by atoms with Gasteiger partial charge in [0.25, 0.3) is 0 Å². The maximum Gasteiger partial charge on any atom is 0.244 e. The summed E-state index contributed by atoms with van der Waals surface area (Å²) in [6.45, 7) is 4.91. The third-order valence-corrected chi connectivity index (χ3v) is 5.30. The lowest BCUT2D eigenvalue weighted by molar-refractivity contribution is 0.239. The molecule has 0 saturated carbocycles. The number of rotatable bonds is 6. The zero-order chi connectivity index (χ0) is 15.3. The van der Waals surface area contributed by atoms with Crippen LogP contribution in [0.25, 0.3) is 0 Å². The van der Waals surface area contributed by atoms with Crippen LogP contribution in [0.1, 0.15) is 6.42 Å². The number of piperazine rings is 1. The fraction of sp³-hybridized carbons (Fsp3) is 0.538. The Balaban J connectivity index is 0.00000242. The molecule has 5 nitrogen and oxygen atoms in total. The van der Waals surface area contributed by atoms with Crippen LogP contribution in [0.3, 0.4) is 0 Å². The third-order valence-electron chi connectivity index (χ3n) is 3.34. The Morgan fingerprint density at radius 1 is 1.26 bits per heavy atom. The van der Waals surface area contributed by atoms with E-state index in [0.717, 1.165) is 38.8 Å². The van der Waals surface area contributed by atoms with E-state index in [9.17, 15) is 12.8 Å². The molecule has 0 atom stereocenters. The molecular formula is C13H21Cl3FN3O2S. The molecule has 10 heteroatoms. The average Bonchev–Trinajstić information content (AvgIpc) is 2.44. The molecular weight excluding hydrogens is 388 g/mol. The molecule has 134 valence electrons. The zero-order valence-corrected chi connectivity index (χ0v) is 15.6. The van der Waals surface area contributed by atoms with Crippen molar-refractivity contribution in [1.82, 2.24) is 14.9 Å². The fourth-order valence-electron chi connectivity index (χ4n) is 2.26. The molecule has 0 aliphatic carbocycles. The van der Waals surface area contributed by atoms with Crippen molar-refractivity contribution in [3.63, 3.8) is 0 Å². The number of nitrogens with zero attached hydrogens (tertiary/aromatic N) is 1. The van der Waals surface area contributed by atoms with Gasteiger partial charge < -0.3 is 10.2 Å². The van der Waals surface area contributed by atoms with Gasteiger partial charge in [-0.15, -0.1) is 24.8 Å². The molecule has 0 radical (unpaired) electrons.